The summed E-state index contributed by atoms with van der Waals surface area (Å²) >= 11 is 1.42. The van der Waals surface area contributed by atoms with Gasteiger partial charge in [-0.2, -0.15) is 4.98 Å². The molecule has 21 heavy (non-hydrogen) atoms. The van der Waals surface area contributed by atoms with Crippen molar-refractivity contribution in [3.63, 3.8) is 0 Å². The van der Waals surface area contributed by atoms with E-state index in [4.69, 9.17) is 10.3 Å². The number of nitrogens with two attached hydrogens (primary N) is 1. The van der Waals surface area contributed by atoms with Crippen molar-refractivity contribution >= 4 is 17.2 Å². The van der Waals surface area contributed by atoms with Crippen LogP contribution < -0.4 is 11.1 Å². The molecular formula is C14H18N4O2S. The number of nitrogens with zero attached hydrogens (tertiary/aromatic N) is 2. The SMILES string of the molecule is NC1(c2noc(CCNC(=O)c3cccs3)n2)CCCC1. The molecule has 1 amide bonds. The Morgan fingerprint density at radius 3 is 3.00 bits per heavy atom. The Morgan fingerprint density at radius 1 is 1.48 bits per heavy atom. The summed E-state index contributed by atoms with van der Waals surface area (Å²) in [4.78, 5) is 16.8. The molecule has 6 nitrogen and oxygen atoms in total. The van der Waals surface area contributed by atoms with Crippen LogP contribution in [0.15, 0.2) is 22.0 Å². The summed E-state index contributed by atoms with van der Waals surface area (Å²) in [6.45, 7) is 0.468. The topological polar surface area (TPSA) is 94.0 Å². The number of hydrogen-bond acceptors (Lipinski definition) is 6. The quantitative estimate of drug-likeness (QED) is 0.879. The highest BCUT2D eigenvalue weighted by Crippen LogP contribution is 2.34. The van der Waals surface area contributed by atoms with Crippen LogP contribution in [0, 0.1) is 0 Å². The van der Waals surface area contributed by atoms with Crippen molar-refractivity contribution in [2.45, 2.75) is 37.6 Å². The molecule has 0 aromatic carbocycles. The van der Waals surface area contributed by atoms with Crippen molar-refractivity contribution in [1.82, 2.24) is 15.5 Å². The van der Waals surface area contributed by atoms with Gasteiger partial charge < -0.3 is 15.6 Å². The molecule has 2 heterocycles. The van der Waals surface area contributed by atoms with Gasteiger partial charge in [0.2, 0.25) is 5.89 Å². The third-order valence-corrected chi connectivity index (χ3v) is 4.65. The van der Waals surface area contributed by atoms with Gasteiger partial charge in [-0.3, -0.25) is 4.79 Å². The van der Waals surface area contributed by atoms with E-state index in [1.54, 1.807) is 6.07 Å². The summed E-state index contributed by atoms with van der Waals surface area (Å²) in [6.07, 6.45) is 4.54. The van der Waals surface area contributed by atoms with Crippen LogP contribution in [-0.2, 0) is 12.0 Å². The van der Waals surface area contributed by atoms with Crippen LogP contribution in [0.2, 0.25) is 0 Å². The first-order chi connectivity index (χ1) is 10.2. The molecule has 0 saturated heterocycles. The predicted octanol–water partition coefficient (Wildman–Crippen LogP) is 1.83. The minimum Gasteiger partial charge on any atom is -0.351 e. The number of carbonyl (C=O) groups is 1. The number of carbonyl (C=O) groups excluding carboxylic acids is 1. The maximum absolute atomic E-state index is 11.8. The highest BCUT2D eigenvalue weighted by molar-refractivity contribution is 7.12. The van der Waals surface area contributed by atoms with Gasteiger partial charge in [0, 0.05) is 13.0 Å². The Morgan fingerprint density at radius 2 is 2.29 bits per heavy atom. The van der Waals surface area contributed by atoms with E-state index < -0.39 is 5.54 Å². The smallest absolute Gasteiger partial charge is 0.261 e. The zero-order valence-corrected chi connectivity index (χ0v) is 12.5. The molecule has 2 aromatic heterocycles. The van der Waals surface area contributed by atoms with Gasteiger partial charge >= 0.3 is 0 Å². The molecule has 7 heteroatoms. The molecule has 0 aliphatic heterocycles. The zero-order chi connectivity index (χ0) is 14.7. The molecular weight excluding hydrogens is 288 g/mol. The number of rotatable bonds is 5. The Kier molecular flexibility index (Phi) is 4.03. The number of hydrogen-bond donors (Lipinski definition) is 2. The van der Waals surface area contributed by atoms with Crippen molar-refractivity contribution < 1.29 is 9.32 Å². The van der Waals surface area contributed by atoms with Crippen LogP contribution in [0.4, 0.5) is 0 Å². The van der Waals surface area contributed by atoms with Gasteiger partial charge in [-0.25, -0.2) is 0 Å². The fourth-order valence-electron chi connectivity index (χ4n) is 2.57. The van der Waals surface area contributed by atoms with Gasteiger partial charge in [0.1, 0.15) is 0 Å². The first kappa shape index (κ1) is 14.2. The second kappa shape index (κ2) is 5.95. The van der Waals surface area contributed by atoms with Crippen LogP contribution in [-0.4, -0.2) is 22.6 Å². The van der Waals surface area contributed by atoms with Crippen molar-refractivity contribution in [1.29, 1.82) is 0 Å². The maximum Gasteiger partial charge on any atom is 0.261 e. The number of amides is 1. The van der Waals surface area contributed by atoms with Crippen molar-refractivity contribution in [2.24, 2.45) is 5.73 Å². The predicted molar refractivity (Wildman–Crippen MR) is 79.0 cm³/mol. The molecule has 0 spiro atoms. The second-order valence-electron chi connectivity index (χ2n) is 5.36. The molecule has 0 radical (unpaired) electrons. The zero-order valence-electron chi connectivity index (χ0n) is 11.7. The summed E-state index contributed by atoms with van der Waals surface area (Å²) in [5.41, 5.74) is 5.85. The van der Waals surface area contributed by atoms with Crippen LogP contribution >= 0.6 is 11.3 Å². The van der Waals surface area contributed by atoms with Crippen molar-refractivity contribution in [3.05, 3.63) is 34.1 Å². The molecule has 0 bridgehead atoms. The van der Waals surface area contributed by atoms with Gasteiger partial charge in [0.25, 0.3) is 5.91 Å². The lowest BCUT2D eigenvalue weighted by atomic mass is 9.99. The standard InChI is InChI=1S/C14H18N4O2S/c15-14(6-1-2-7-14)13-17-11(20-18-13)5-8-16-12(19)10-4-3-9-21-10/h3-4,9H,1-2,5-8,15H2,(H,16,19). The summed E-state index contributed by atoms with van der Waals surface area (Å²) in [5.74, 6) is 1.05. The van der Waals surface area contributed by atoms with Crippen LogP contribution in [0.1, 0.15) is 47.1 Å². The average Bonchev–Trinajstić information content (AvgIpc) is 3.20. The molecule has 112 valence electrons. The van der Waals surface area contributed by atoms with Gasteiger partial charge in [0.15, 0.2) is 5.82 Å². The molecule has 3 N–H and O–H groups in total. The summed E-state index contributed by atoms with van der Waals surface area (Å²) in [5, 5.41) is 8.71. The van der Waals surface area contributed by atoms with E-state index in [1.807, 2.05) is 11.4 Å². The molecule has 0 unspecified atom stereocenters. The third kappa shape index (κ3) is 3.14. The normalized spacial score (nSPS) is 17.0. The molecule has 2 aromatic rings. The first-order valence-corrected chi connectivity index (χ1v) is 7.99. The van der Waals surface area contributed by atoms with E-state index in [1.165, 1.54) is 11.3 Å². The van der Waals surface area contributed by atoms with Crippen molar-refractivity contribution in [2.75, 3.05) is 6.54 Å². The fourth-order valence-corrected chi connectivity index (χ4v) is 3.21. The summed E-state index contributed by atoms with van der Waals surface area (Å²) in [7, 11) is 0. The monoisotopic (exact) mass is 306 g/mol. The number of aromatic nitrogens is 2. The lowest BCUT2D eigenvalue weighted by molar-refractivity contribution is 0.0957. The van der Waals surface area contributed by atoms with Gasteiger partial charge in [-0.15, -0.1) is 11.3 Å². The van der Waals surface area contributed by atoms with E-state index in [-0.39, 0.29) is 5.91 Å². The van der Waals surface area contributed by atoms with E-state index in [2.05, 4.69) is 15.5 Å². The van der Waals surface area contributed by atoms with Gasteiger partial charge in [-0.1, -0.05) is 24.1 Å². The lowest BCUT2D eigenvalue weighted by Crippen LogP contribution is -2.34. The highest BCUT2D eigenvalue weighted by Gasteiger charge is 2.35. The highest BCUT2D eigenvalue weighted by atomic mass is 32.1. The second-order valence-corrected chi connectivity index (χ2v) is 6.31. The minimum absolute atomic E-state index is 0.0733. The number of nitrogens with one attached hydrogen (secondary N) is 1. The third-order valence-electron chi connectivity index (χ3n) is 3.78. The largest absolute Gasteiger partial charge is 0.351 e. The Hall–Kier alpha value is -1.73. The average molecular weight is 306 g/mol. The van der Waals surface area contributed by atoms with Gasteiger partial charge in [-0.05, 0) is 24.3 Å². The van der Waals surface area contributed by atoms with Crippen LogP contribution in [0.5, 0.6) is 0 Å². The van der Waals surface area contributed by atoms with E-state index in [0.29, 0.717) is 29.6 Å². The van der Waals surface area contributed by atoms with Crippen LogP contribution in [0.25, 0.3) is 0 Å². The van der Waals surface area contributed by atoms with E-state index in [9.17, 15) is 4.79 Å². The van der Waals surface area contributed by atoms with Crippen LogP contribution in [0.3, 0.4) is 0 Å². The molecule has 3 rings (SSSR count). The van der Waals surface area contributed by atoms with Gasteiger partial charge in [0.05, 0.1) is 10.4 Å². The molecule has 1 aliphatic rings. The molecule has 1 fully saturated rings. The first-order valence-electron chi connectivity index (χ1n) is 7.11. The summed E-state index contributed by atoms with van der Waals surface area (Å²) < 4.78 is 5.22. The minimum atomic E-state index is -0.429. The van der Waals surface area contributed by atoms with Crippen molar-refractivity contribution in [3.8, 4) is 0 Å². The summed E-state index contributed by atoms with van der Waals surface area (Å²) in [6, 6.07) is 3.65. The Bertz CT molecular complexity index is 602. The lowest BCUT2D eigenvalue weighted by Gasteiger charge is -2.17. The Balaban J connectivity index is 1.52. The maximum atomic E-state index is 11.8. The molecule has 0 atom stereocenters. The molecule has 1 aliphatic carbocycles. The Labute approximate surface area is 126 Å². The van der Waals surface area contributed by atoms with E-state index >= 15 is 0 Å². The van der Waals surface area contributed by atoms with E-state index in [0.717, 1.165) is 25.7 Å². The number of thiophene rings is 1. The molecule has 1 saturated carbocycles. The fraction of sp³-hybridized carbons (Fsp3) is 0.500.